The van der Waals surface area contributed by atoms with Crippen molar-refractivity contribution in [1.29, 1.82) is 0 Å². The van der Waals surface area contributed by atoms with Gasteiger partial charge in [0.05, 0.1) is 17.5 Å². The maximum atomic E-state index is 12.7. The molecule has 7 nitrogen and oxygen atoms in total. The number of pyridine rings is 1. The number of hydrogen-bond donors (Lipinski definition) is 1. The summed E-state index contributed by atoms with van der Waals surface area (Å²) in [5, 5.41) is 14.1. The number of hydrogen-bond acceptors (Lipinski definition) is 4. The SMILES string of the molecule is CCCN(CC(=O)O)C(=O)c1cc2cnn(C(C)C)c2nc1C. The van der Waals surface area contributed by atoms with Gasteiger partial charge in [-0.05, 0) is 33.3 Å². The van der Waals surface area contributed by atoms with E-state index in [0.717, 1.165) is 11.0 Å². The minimum atomic E-state index is -1.02. The van der Waals surface area contributed by atoms with Gasteiger partial charge in [-0.25, -0.2) is 9.67 Å². The first-order chi connectivity index (χ1) is 10.8. The van der Waals surface area contributed by atoms with Crippen LogP contribution in [0.15, 0.2) is 12.3 Å². The topological polar surface area (TPSA) is 88.3 Å². The Morgan fingerprint density at radius 1 is 1.39 bits per heavy atom. The molecule has 2 heterocycles. The average molecular weight is 318 g/mol. The monoisotopic (exact) mass is 318 g/mol. The lowest BCUT2D eigenvalue weighted by molar-refractivity contribution is -0.137. The highest BCUT2D eigenvalue weighted by molar-refractivity contribution is 5.99. The van der Waals surface area contributed by atoms with Gasteiger partial charge in [-0.1, -0.05) is 6.92 Å². The lowest BCUT2D eigenvalue weighted by atomic mass is 10.1. The molecule has 23 heavy (non-hydrogen) atoms. The van der Waals surface area contributed by atoms with Crippen LogP contribution in [0, 0.1) is 6.92 Å². The third kappa shape index (κ3) is 3.49. The van der Waals surface area contributed by atoms with Crippen LogP contribution in [-0.2, 0) is 4.79 Å². The minimum Gasteiger partial charge on any atom is -0.480 e. The number of nitrogens with zero attached hydrogens (tertiary/aromatic N) is 4. The molecule has 0 atom stereocenters. The Balaban J connectivity index is 2.43. The number of amides is 1. The van der Waals surface area contributed by atoms with Crippen molar-refractivity contribution in [3.63, 3.8) is 0 Å². The Labute approximate surface area is 134 Å². The van der Waals surface area contributed by atoms with Crippen LogP contribution in [0.2, 0.25) is 0 Å². The fourth-order valence-electron chi connectivity index (χ4n) is 2.52. The molecule has 0 spiro atoms. The van der Waals surface area contributed by atoms with Crippen molar-refractivity contribution in [3.8, 4) is 0 Å². The molecule has 2 rings (SSSR count). The maximum absolute atomic E-state index is 12.7. The van der Waals surface area contributed by atoms with Crippen LogP contribution in [0.1, 0.15) is 49.3 Å². The van der Waals surface area contributed by atoms with Crippen molar-refractivity contribution in [2.45, 2.75) is 40.2 Å². The zero-order valence-corrected chi connectivity index (χ0v) is 13.9. The third-order valence-corrected chi connectivity index (χ3v) is 3.59. The maximum Gasteiger partial charge on any atom is 0.323 e. The van der Waals surface area contributed by atoms with E-state index >= 15 is 0 Å². The van der Waals surface area contributed by atoms with Crippen molar-refractivity contribution >= 4 is 22.9 Å². The molecule has 0 saturated heterocycles. The number of fused-ring (bicyclic) bond motifs is 1. The Hall–Kier alpha value is -2.44. The van der Waals surface area contributed by atoms with Crippen LogP contribution < -0.4 is 0 Å². The summed E-state index contributed by atoms with van der Waals surface area (Å²) in [7, 11) is 0. The van der Waals surface area contributed by atoms with Crippen LogP contribution in [0.3, 0.4) is 0 Å². The molecule has 0 aliphatic carbocycles. The van der Waals surface area contributed by atoms with Crippen LogP contribution in [-0.4, -0.2) is 49.7 Å². The summed E-state index contributed by atoms with van der Waals surface area (Å²) < 4.78 is 1.80. The van der Waals surface area contributed by atoms with Crippen LogP contribution in [0.4, 0.5) is 0 Å². The van der Waals surface area contributed by atoms with Gasteiger partial charge in [0.1, 0.15) is 6.54 Å². The zero-order valence-electron chi connectivity index (χ0n) is 13.9. The number of carboxylic acids is 1. The van der Waals surface area contributed by atoms with Crippen LogP contribution in [0.25, 0.3) is 11.0 Å². The van der Waals surface area contributed by atoms with Gasteiger partial charge in [-0.15, -0.1) is 0 Å². The van der Waals surface area contributed by atoms with Crippen molar-refractivity contribution in [3.05, 3.63) is 23.5 Å². The second kappa shape index (κ2) is 6.76. The fourth-order valence-corrected chi connectivity index (χ4v) is 2.52. The molecule has 1 amide bonds. The molecule has 0 aliphatic rings. The van der Waals surface area contributed by atoms with E-state index in [9.17, 15) is 9.59 Å². The van der Waals surface area contributed by atoms with Crippen LogP contribution in [0.5, 0.6) is 0 Å². The number of carboxylic acid groups (broad SMARTS) is 1. The molecule has 1 N–H and O–H groups in total. The molecule has 0 aliphatic heterocycles. The molecular formula is C16H22N4O3. The number of aliphatic carboxylic acids is 1. The van der Waals surface area contributed by atoms with E-state index in [1.807, 2.05) is 20.8 Å². The summed E-state index contributed by atoms with van der Waals surface area (Å²) in [6, 6.07) is 1.92. The Bertz CT molecular complexity index is 736. The van der Waals surface area contributed by atoms with E-state index in [1.54, 1.807) is 23.9 Å². The smallest absolute Gasteiger partial charge is 0.323 e. The Morgan fingerprint density at radius 2 is 2.09 bits per heavy atom. The summed E-state index contributed by atoms with van der Waals surface area (Å²) >= 11 is 0. The molecule has 0 radical (unpaired) electrons. The highest BCUT2D eigenvalue weighted by Crippen LogP contribution is 2.20. The number of carbonyl (C=O) groups excluding carboxylic acids is 1. The Morgan fingerprint density at radius 3 is 2.65 bits per heavy atom. The predicted octanol–water partition coefficient (Wildman–Crippen LogP) is 2.26. The first kappa shape index (κ1) is 16.9. The van der Waals surface area contributed by atoms with Gasteiger partial charge >= 0.3 is 5.97 Å². The van der Waals surface area contributed by atoms with Crippen molar-refractivity contribution in [1.82, 2.24) is 19.7 Å². The van der Waals surface area contributed by atoms with Gasteiger partial charge < -0.3 is 10.0 Å². The van der Waals surface area contributed by atoms with Gasteiger partial charge in [0.15, 0.2) is 5.65 Å². The van der Waals surface area contributed by atoms with Gasteiger partial charge in [0.2, 0.25) is 0 Å². The summed E-state index contributed by atoms with van der Waals surface area (Å²) in [4.78, 5) is 29.5. The van der Waals surface area contributed by atoms with Gasteiger partial charge in [-0.2, -0.15) is 5.10 Å². The average Bonchev–Trinajstić information content (AvgIpc) is 2.87. The van der Waals surface area contributed by atoms with Gasteiger partial charge in [-0.3, -0.25) is 9.59 Å². The van der Waals surface area contributed by atoms with E-state index in [-0.39, 0.29) is 18.5 Å². The molecule has 7 heteroatoms. The van der Waals surface area contributed by atoms with Gasteiger partial charge in [0.25, 0.3) is 5.91 Å². The highest BCUT2D eigenvalue weighted by atomic mass is 16.4. The predicted molar refractivity (Wildman–Crippen MR) is 86.5 cm³/mol. The lowest BCUT2D eigenvalue weighted by Gasteiger charge is -2.20. The van der Waals surface area contributed by atoms with Gasteiger partial charge in [0, 0.05) is 18.0 Å². The number of carbonyl (C=O) groups is 2. The molecule has 2 aromatic rings. The van der Waals surface area contributed by atoms with Crippen molar-refractivity contribution < 1.29 is 14.7 Å². The number of rotatable bonds is 6. The standard InChI is InChI=1S/C16H22N4O3/c1-5-6-19(9-14(21)22)16(23)13-7-12-8-17-20(10(2)3)15(12)18-11(13)4/h7-8,10H,5-6,9H2,1-4H3,(H,21,22). The molecule has 124 valence electrons. The molecule has 0 aromatic carbocycles. The summed E-state index contributed by atoms with van der Waals surface area (Å²) in [5.74, 6) is -1.33. The Kier molecular flexibility index (Phi) is 4.98. The first-order valence-corrected chi connectivity index (χ1v) is 7.71. The number of aromatic nitrogens is 3. The number of aryl methyl sites for hydroxylation is 1. The minimum absolute atomic E-state index is 0.171. The van der Waals surface area contributed by atoms with E-state index < -0.39 is 5.97 Å². The van der Waals surface area contributed by atoms with E-state index in [4.69, 9.17) is 5.11 Å². The second-order valence-electron chi connectivity index (χ2n) is 5.84. The molecule has 2 aromatic heterocycles. The summed E-state index contributed by atoms with van der Waals surface area (Å²) in [6.07, 6.45) is 2.37. The largest absolute Gasteiger partial charge is 0.480 e. The third-order valence-electron chi connectivity index (χ3n) is 3.59. The van der Waals surface area contributed by atoms with Crippen molar-refractivity contribution in [2.24, 2.45) is 0 Å². The molecule has 0 saturated carbocycles. The molecule has 0 unspecified atom stereocenters. The first-order valence-electron chi connectivity index (χ1n) is 7.71. The van der Waals surface area contributed by atoms with E-state index in [1.165, 1.54) is 4.90 Å². The van der Waals surface area contributed by atoms with E-state index in [0.29, 0.717) is 24.2 Å². The fraction of sp³-hybridized carbons (Fsp3) is 0.500. The summed E-state index contributed by atoms with van der Waals surface area (Å²) in [5.41, 5.74) is 1.74. The summed E-state index contributed by atoms with van der Waals surface area (Å²) in [6.45, 7) is 7.78. The molecule has 0 fully saturated rings. The van der Waals surface area contributed by atoms with E-state index in [2.05, 4.69) is 10.1 Å². The molecular weight excluding hydrogens is 296 g/mol. The highest BCUT2D eigenvalue weighted by Gasteiger charge is 2.21. The zero-order chi connectivity index (χ0) is 17.1. The van der Waals surface area contributed by atoms with Crippen molar-refractivity contribution in [2.75, 3.05) is 13.1 Å². The quantitative estimate of drug-likeness (QED) is 0.882. The second-order valence-corrected chi connectivity index (χ2v) is 5.84. The normalized spacial score (nSPS) is 11.2. The lowest BCUT2D eigenvalue weighted by Crippen LogP contribution is -2.36. The molecule has 0 bridgehead atoms. The van der Waals surface area contributed by atoms with Crippen LogP contribution >= 0.6 is 0 Å².